The fourth-order valence-electron chi connectivity index (χ4n) is 4.26. The molecule has 0 aliphatic heterocycles. The van der Waals surface area contributed by atoms with Crippen molar-refractivity contribution in [2.75, 3.05) is 14.2 Å². The molecule has 0 aromatic heterocycles. The Kier molecular flexibility index (Phi) is 10.1. The summed E-state index contributed by atoms with van der Waals surface area (Å²) in [7, 11) is 3.19. The minimum atomic E-state index is -0.635. The molecule has 0 saturated carbocycles. The van der Waals surface area contributed by atoms with Crippen LogP contribution in [0.4, 0.5) is 0 Å². The Morgan fingerprint density at radius 3 is 2.11 bits per heavy atom. The van der Waals surface area contributed by atoms with Crippen molar-refractivity contribution in [2.45, 2.75) is 58.7 Å². The second-order valence-electron chi connectivity index (χ2n) is 9.57. The normalized spacial score (nSPS) is 11.6. The highest BCUT2D eigenvalue weighted by molar-refractivity contribution is 5.88. The number of aryl methyl sites for hydroxylation is 2. The minimum Gasteiger partial charge on any atom is -0.493 e. The Balaban J connectivity index is 1.90. The Bertz CT molecular complexity index is 1160. The van der Waals surface area contributed by atoms with Gasteiger partial charge in [-0.1, -0.05) is 66.2 Å². The van der Waals surface area contributed by atoms with E-state index in [1.165, 1.54) is 0 Å². The van der Waals surface area contributed by atoms with Crippen LogP contribution in [-0.2, 0) is 29.0 Å². The van der Waals surface area contributed by atoms with Crippen LogP contribution in [-0.4, -0.2) is 43.0 Å². The maximum absolute atomic E-state index is 13.8. The number of amides is 2. The van der Waals surface area contributed by atoms with E-state index < -0.39 is 6.04 Å². The molecule has 0 aliphatic carbocycles. The van der Waals surface area contributed by atoms with E-state index >= 15 is 0 Å². The summed E-state index contributed by atoms with van der Waals surface area (Å²) in [5.41, 5.74) is 4.11. The van der Waals surface area contributed by atoms with E-state index in [-0.39, 0.29) is 24.3 Å². The number of benzene rings is 3. The molecule has 3 aromatic rings. The Labute approximate surface area is 220 Å². The molecule has 0 heterocycles. The standard InChI is InChI=1S/C31H38N2O4/c1-22(2)32-31(35)27(19-24-9-7-6-8-10-24)33(21-26-13-11-23(3)12-14-26)30(34)18-16-25-15-17-28(36-4)29(20-25)37-5/h6-15,17,20,22,27H,16,18-19,21H2,1-5H3,(H,32,35). The summed E-state index contributed by atoms with van der Waals surface area (Å²) < 4.78 is 10.8. The SMILES string of the molecule is COc1ccc(CCC(=O)N(Cc2ccc(C)cc2)C(Cc2ccccc2)C(=O)NC(C)C)cc1OC. The van der Waals surface area contributed by atoms with Gasteiger partial charge >= 0.3 is 0 Å². The molecule has 0 bridgehead atoms. The van der Waals surface area contributed by atoms with E-state index in [2.05, 4.69) is 5.32 Å². The van der Waals surface area contributed by atoms with Gasteiger partial charge in [0.1, 0.15) is 6.04 Å². The first kappa shape index (κ1) is 27.8. The van der Waals surface area contributed by atoms with Gasteiger partial charge < -0.3 is 19.7 Å². The van der Waals surface area contributed by atoms with Gasteiger partial charge in [0.25, 0.3) is 0 Å². The first-order valence-electron chi connectivity index (χ1n) is 12.7. The molecule has 6 nitrogen and oxygen atoms in total. The number of nitrogens with zero attached hydrogens (tertiary/aromatic N) is 1. The number of nitrogens with one attached hydrogen (secondary N) is 1. The van der Waals surface area contributed by atoms with Crippen LogP contribution >= 0.6 is 0 Å². The quantitative estimate of drug-likeness (QED) is 0.374. The predicted octanol–water partition coefficient (Wildman–Crippen LogP) is 5.11. The van der Waals surface area contributed by atoms with Crippen LogP contribution in [0.1, 0.15) is 42.5 Å². The fraction of sp³-hybridized carbons (Fsp3) is 0.355. The van der Waals surface area contributed by atoms with Crippen LogP contribution in [0.3, 0.4) is 0 Å². The number of carbonyl (C=O) groups excluding carboxylic acids is 2. The van der Waals surface area contributed by atoms with Gasteiger partial charge in [0, 0.05) is 25.4 Å². The van der Waals surface area contributed by atoms with Crippen molar-refractivity contribution in [1.29, 1.82) is 0 Å². The number of rotatable bonds is 12. The highest BCUT2D eigenvalue weighted by atomic mass is 16.5. The second kappa shape index (κ2) is 13.5. The first-order chi connectivity index (χ1) is 17.8. The molecule has 3 rings (SSSR count). The monoisotopic (exact) mass is 502 g/mol. The van der Waals surface area contributed by atoms with Gasteiger partial charge in [0.15, 0.2) is 11.5 Å². The average molecular weight is 503 g/mol. The molecule has 0 spiro atoms. The summed E-state index contributed by atoms with van der Waals surface area (Å²) in [6, 6.07) is 22.9. The van der Waals surface area contributed by atoms with Crippen LogP contribution in [0.2, 0.25) is 0 Å². The topological polar surface area (TPSA) is 67.9 Å². The molecule has 3 aromatic carbocycles. The van der Waals surface area contributed by atoms with E-state index in [4.69, 9.17) is 9.47 Å². The number of hydrogen-bond acceptors (Lipinski definition) is 4. The second-order valence-corrected chi connectivity index (χ2v) is 9.57. The third-order valence-electron chi connectivity index (χ3n) is 6.25. The van der Waals surface area contributed by atoms with E-state index in [1.807, 2.05) is 93.6 Å². The van der Waals surface area contributed by atoms with Gasteiger partial charge in [-0.25, -0.2) is 0 Å². The number of methoxy groups -OCH3 is 2. The summed E-state index contributed by atoms with van der Waals surface area (Å²) in [5, 5.41) is 3.03. The van der Waals surface area contributed by atoms with Crippen LogP contribution < -0.4 is 14.8 Å². The summed E-state index contributed by atoms with van der Waals surface area (Å²) in [6.45, 7) is 6.25. The predicted molar refractivity (Wildman–Crippen MR) is 147 cm³/mol. The van der Waals surface area contributed by atoms with Crippen LogP contribution in [0.25, 0.3) is 0 Å². The summed E-state index contributed by atoms with van der Waals surface area (Å²) >= 11 is 0. The van der Waals surface area contributed by atoms with Gasteiger partial charge in [0.2, 0.25) is 11.8 Å². The minimum absolute atomic E-state index is 0.0335. The van der Waals surface area contributed by atoms with Crippen LogP contribution in [0.15, 0.2) is 72.8 Å². The molecule has 0 saturated heterocycles. The molecule has 0 aliphatic rings. The van der Waals surface area contributed by atoms with Crippen molar-refractivity contribution in [1.82, 2.24) is 10.2 Å². The molecular formula is C31H38N2O4. The molecule has 0 radical (unpaired) electrons. The Hall–Kier alpha value is -3.80. The lowest BCUT2D eigenvalue weighted by Gasteiger charge is -2.32. The van der Waals surface area contributed by atoms with Gasteiger partial charge in [-0.3, -0.25) is 9.59 Å². The van der Waals surface area contributed by atoms with Crippen LogP contribution in [0, 0.1) is 6.92 Å². The van der Waals surface area contributed by atoms with Gasteiger partial charge in [0.05, 0.1) is 14.2 Å². The smallest absolute Gasteiger partial charge is 0.243 e. The van der Waals surface area contributed by atoms with Crippen molar-refractivity contribution in [2.24, 2.45) is 0 Å². The van der Waals surface area contributed by atoms with Gasteiger partial charge in [-0.05, 0) is 56.0 Å². The summed E-state index contributed by atoms with van der Waals surface area (Å²) in [4.78, 5) is 29.0. The van der Waals surface area contributed by atoms with Gasteiger partial charge in [-0.15, -0.1) is 0 Å². The van der Waals surface area contributed by atoms with E-state index in [1.54, 1.807) is 19.1 Å². The summed E-state index contributed by atoms with van der Waals surface area (Å²) in [5.74, 6) is 1.05. The zero-order valence-corrected chi connectivity index (χ0v) is 22.5. The molecule has 6 heteroatoms. The van der Waals surface area contributed by atoms with E-state index in [9.17, 15) is 9.59 Å². The molecule has 1 unspecified atom stereocenters. The van der Waals surface area contributed by atoms with Crippen molar-refractivity contribution in [3.8, 4) is 11.5 Å². The highest BCUT2D eigenvalue weighted by Crippen LogP contribution is 2.28. The van der Waals surface area contributed by atoms with Crippen molar-refractivity contribution < 1.29 is 19.1 Å². The third-order valence-corrected chi connectivity index (χ3v) is 6.25. The lowest BCUT2D eigenvalue weighted by molar-refractivity contribution is -0.141. The van der Waals surface area contributed by atoms with Crippen molar-refractivity contribution in [3.05, 3.63) is 95.1 Å². The van der Waals surface area contributed by atoms with Crippen molar-refractivity contribution >= 4 is 11.8 Å². The van der Waals surface area contributed by atoms with Crippen LogP contribution in [0.5, 0.6) is 11.5 Å². The van der Waals surface area contributed by atoms with Gasteiger partial charge in [-0.2, -0.15) is 0 Å². The lowest BCUT2D eigenvalue weighted by Crippen LogP contribution is -2.51. The number of carbonyl (C=O) groups is 2. The Morgan fingerprint density at radius 1 is 0.838 bits per heavy atom. The lowest BCUT2D eigenvalue weighted by atomic mass is 10.0. The largest absolute Gasteiger partial charge is 0.493 e. The maximum Gasteiger partial charge on any atom is 0.243 e. The Morgan fingerprint density at radius 2 is 1.49 bits per heavy atom. The van der Waals surface area contributed by atoms with E-state index in [0.29, 0.717) is 30.9 Å². The molecule has 1 N–H and O–H groups in total. The first-order valence-corrected chi connectivity index (χ1v) is 12.7. The number of ether oxygens (including phenoxy) is 2. The zero-order chi connectivity index (χ0) is 26.8. The molecule has 196 valence electrons. The molecule has 0 fully saturated rings. The van der Waals surface area contributed by atoms with E-state index in [0.717, 1.165) is 22.3 Å². The molecule has 1 atom stereocenters. The maximum atomic E-state index is 13.8. The highest BCUT2D eigenvalue weighted by Gasteiger charge is 2.30. The molecular weight excluding hydrogens is 464 g/mol. The van der Waals surface area contributed by atoms with Crippen molar-refractivity contribution in [3.63, 3.8) is 0 Å². The molecule has 37 heavy (non-hydrogen) atoms. The third kappa shape index (κ3) is 8.10. The average Bonchev–Trinajstić information content (AvgIpc) is 2.90. The summed E-state index contributed by atoms with van der Waals surface area (Å²) in [6.07, 6.45) is 1.22. The zero-order valence-electron chi connectivity index (χ0n) is 22.5. The number of hydrogen-bond donors (Lipinski definition) is 1. The molecule has 2 amide bonds. The fourth-order valence-corrected chi connectivity index (χ4v) is 4.26.